The summed E-state index contributed by atoms with van der Waals surface area (Å²) in [6.45, 7) is 0. The lowest BCUT2D eigenvalue weighted by Gasteiger charge is -2.10. The van der Waals surface area contributed by atoms with Gasteiger partial charge >= 0.3 is 0 Å². The summed E-state index contributed by atoms with van der Waals surface area (Å²) in [5, 5.41) is 11.3. The molecule has 2 rings (SSSR count). The van der Waals surface area contributed by atoms with Gasteiger partial charge < -0.3 is 5.73 Å². The van der Waals surface area contributed by atoms with Gasteiger partial charge in [-0.3, -0.25) is 10.1 Å². The van der Waals surface area contributed by atoms with E-state index in [1.54, 1.807) is 6.07 Å². The maximum atomic E-state index is 10.8. The van der Waals surface area contributed by atoms with E-state index in [2.05, 4.69) is 0 Å². The molecule has 0 amide bonds. The van der Waals surface area contributed by atoms with E-state index < -0.39 is 0 Å². The van der Waals surface area contributed by atoms with Crippen LogP contribution in [0, 0.1) is 16.0 Å². The van der Waals surface area contributed by atoms with E-state index in [9.17, 15) is 10.1 Å². The summed E-state index contributed by atoms with van der Waals surface area (Å²) in [5.74, 6) is 0.526. The maximum absolute atomic E-state index is 10.8. The zero-order chi connectivity index (χ0) is 11.7. The highest BCUT2D eigenvalue weighted by Crippen LogP contribution is 2.34. The lowest BCUT2D eigenvalue weighted by Crippen LogP contribution is -2.25. The van der Waals surface area contributed by atoms with E-state index in [1.165, 1.54) is 12.1 Å². The number of nitro groups is 1. The van der Waals surface area contributed by atoms with Crippen molar-refractivity contribution in [3.8, 4) is 0 Å². The van der Waals surface area contributed by atoms with E-state index >= 15 is 0 Å². The normalized spacial score (nSPS) is 17.1. The van der Waals surface area contributed by atoms with Gasteiger partial charge in [-0.2, -0.15) is 0 Å². The van der Waals surface area contributed by atoms with Crippen LogP contribution in [-0.2, 0) is 6.42 Å². The second-order valence-electron chi connectivity index (χ2n) is 4.24. The number of benzene rings is 1. The van der Waals surface area contributed by atoms with E-state index in [1.807, 2.05) is 0 Å². The first kappa shape index (κ1) is 11.4. The minimum Gasteiger partial charge on any atom is -0.327 e. The molecule has 1 unspecified atom stereocenters. The van der Waals surface area contributed by atoms with E-state index in [-0.39, 0.29) is 16.7 Å². The summed E-state index contributed by atoms with van der Waals surface area (Å²) < 4.78 is 0. The van der Waals surface area contributed by atoms with Crippen molar-refractivity contribution in [2.45, 2.75) is 25.3 Å². The summed E-state index contributed by atoms with van der Waals surface area (Å²) in [4.78, 5) is 10.4. The Morgan fingerprint density at radius 3 is 2.81 bits per heavy atom. The minimum absolute atomic E-state index is 0.0113. The predicted molar refractivity (Wildman–Crippen MR) is 62.5 cm³/mol. The highest BCUT2D eigenvalue weighted by atomic mass is 35.5. The Balaban J connectivity index is 2.22. The van der Waals surface area contributed by atoms with Gasteiger partial charge in [0.2, 0.25) is 0 Å². The molecule has 2 N–H and O–H groups in total. The number of halogens is 1. The molecule has 0 bridgehead atoms. The molecule has 1 saturated carbocycles. The van der Waals surface area contributed by atoms with Gasteiger partial charge in [0.15, 0.2) is 0 Å². The maximum Gasteiger partial charge on any atom is 0.272 e. The molecular formula is C11H13ClN2O2. The Morgan fingerprint density at radius 2 is 2.25 bits per heavy atom. The van der Waals surface area contributed by atoms with Crippen molar-refractivity contribution in [2.24, 2.45) is 11.7 Å². The third kappa shape index (κ3) is 2.51. The average Bonchev–Trinajstić information content (AvgIpc) is 2.99. The van der Waals surface area contributed by atoms with Gasteiger partial charge in [-0.25, -0.2) is 0 Å². The van der Waals surface area contributed by atoms with Crippen LogP contribution in [0.5, 0.6) is 0 Å². The summed E-state index contributed by atoms with van der Waals surface area (Å²) in [6, 6.07) is 4.63. The molecular weight excluding hydrogens is 228 g/mol. The predicted octanol–water partition coefficient (Wildman–Crippen LogP) is 2.53. The smallest absolute Gasteiger partial charge is 0.272 e. The Morgan fingerprint density at radius 1 is 1.56 bits per heavy atom. The highest BCUT2D eigenvalue weighted by molar-refractivity contribution is 6.30. The van der Waals surface area contributed by atoms with Crippen LogP contribution in [-0.4, -0.2) is 11.0 Å². The van der Waals surface area contributed by atoms with Gasteiger partial charge in [0.05, 0.1) is 4.92 Å². The van der Waals surface area contributed by atoms with Crippen LogP contribution in [0.25, 0.3) is 0 Å². The highest BCUT2D eigenvalue weighted by Gasteiger charge is 2.30. The minimum atomic E-state index is -0.384. The standard InChI is InChI=1S/C11H13ClN2O2/c12-9-3-4-11(14(15)16)8(5-9)6-10(13)7-1-2-7/h3-5,7,10H,1-2,6,13H2. The molecule has 5 heteroatoms. The summed E-state index contributed by atoms with van der Waals surface area (Å²) in [6.07, 6.45) is 2.80. The quantitative estimate of drug-likeness (QED) is 0.650. The second-order valence-corrected chi connectivity index (χ2v) is 4.67. The number of nitrogens with zero attached hydrogens (tertiary/aromatic N) is 1. The van der Waals surface area contributed by atoms with Crippen LogP contribution in [0.2, 0.25) is 5.02 Å². The molecule has 0 spiro atoms. The number of hydrogen-bond acceptors (Lipinski definition) is 3. The lowest BCUT2D eigenvalue weighted by atomic mass is 10.0. The fourth-order valence-electron chi connectivity index (χ4n) is 1.84. The van der Waals surface area contributed by atoms with Crippen LogP contribution in [0.3, 0.4) is 0 Å². The molecule has 0 radical (unpaired) electrons. The first-order valence-corrected chi connectivity index (χ1v) is 5.64. The van der Waals surface area contributed by atoms with E-state index in [0.717, 1.165) is 12.8 Å². The average molecular weight is 241 g/mol. The molecule has 0 aliphatic heterocycles. The molecule has 0 heterocycles. The van der Waals surface area contributed by atoms with Crippen molar-refractivity contribution in [2.75, 3.05) is 0 Å². The topological polar surface area (TPSA) is 69.2 Å². The number of hydrogen-bond donors (Lipinski definition) is 1. The first-order chi connectivity index (χ1) is 7.58. The third-order valence-corrected chi connectivity index (χ3v) is 3.16. The van der Waals surface area contributed by atoms with Gasteiger partial charge in [-0.15, -0.1) is 0 Å². The first-order valence-electron chi connectivity index (χ1n) is 5.26. The Bertz CT molecular complexity index is 418. The molecule has 1 aromatic carbocycles. The molecule has 86 valence electrons. The van der Waals surface area contributed by atoms with Crippen LogP contribution < -0.4 is 5.73 Å². The van der Waals surface area contributed by atoms with Crippen LogP contribution in [0.4, 0.5) is 5.69 Å². The molecule has 1 atom stereocenters. The van der Waals surface area contributed by atoms with E-state index in [4.69, 9.17) is 17.3 Å². The van der Waals surface area contributed by atoms with Crippen molar-refractivity contribution >= 4 is 17.3 Å². The molecule has 1 aromatic rings. The SMILES string of the molecule is NC(Cc1cc(Cl)ccc1[N+](=O)[O-])C1CC1. The largest absolute Gasteiger partial charge is 0.327 e. The van der Waals surface area contributed by atoms with Crippen molar-refractivity contribution in [1.82, 2.24) is 0 Å². The van der Waals surface area contributed by atoms with Crippen molar-refractivity contribution in [3.05, 3.63) is 38.9 Å². The summed E-state index contributed by atoms with van der Waals surface area (Å²) in [7, 11) is 0. The fraction of sp³-hybridized carbons (Fsp3) is 0.455. The van der Waals surface area contributed by atoms with E-state index in [0.29, 0.717) is 22.9 Å². The van der Waals surface area contributed by atoms with Gasteiger partial charge in [0.1, 0.15) is 0 Å². The molecule has 4 nitrogen and oxygen atoms in total. The van der Waals surface area contributed by atoms with Gasteiger partial charge in [-0.1, -0.05) is 11.6 Å². The molecule has 1 aliphatic rings. The number of nitro benzene ring substituents is 1. The van der Waals surface area contributed by atoms with Gasteiger partial charge in [0.25, 0.3) is 5.69 Å². The molecule has 16 heavy (non-hydrogen) atoms. The van der Waals surface area contributed by atoms with Crippen LogP contribution in [0.1, 0.15) is 18.4 Å². The van der Waals surface area contributed by atoms with Crippen molar-refractivity contribution in [1.29, 1.82) is 0 Å². The lowest BCUT2D eigenvalue weighted by molar-refractivity contribution is -0.385. The Labute approximate surface area is 98.5 Å². The monoisotopic (exact) mass is 240 g/mol. The number of rotatable bonds is 4. The molecule has 0 aromatic heterocycles. The fourth-order valence-corrected chi connectivity index (χ4v) is 2.04. The molecule has 0 saturated heterocycles. The molecule has 1 fully saturated rings. The molecule has 1 aliphatic carbocycles. The summed E-state index contributed by atoms with van der Waals surface area (Å²) >= 11 is 5.84. The number of nitrogens with two attached hydrogens (primary N) is 1. The van der Waals surface area contributed by atoms with Crippen molar-refractivity contribution < 1.29 is 4.92 Å². The Hall–Kier alpha value is -1.13. The van der Waals surface area contributed by atoms with Crippen LogP contribution >= 0.6 is 11.6 Å². The third-order valence-electron chi connectivity index (χ3n) is 2.92. The van der Waals surface area contributed by atoms with Crippen molar-refractivity contribution in [3.63, 3.8) is 0 Å². The Kier molecular flexibility index (Phi) is 3.12. The van der Waals surface area contributed by atoms with Gasteiger partial charge in [-0.05, 0) is 37.3 Å². The zero-order valence-electron chi connectivity index (χ0n) is 8.73. The van der Waals surface area contributed by atoms with Gasteiger partial charge in [0, 0.05) is 22.7 Å². The second kappa shape index (κ2) is 4.39. The van der Waals surface area contributed by atoms with Crippen LogP contribution in [0.15, 0.2) is 18.2 Å². The zero-order valence-corrected chi connectivity index (χ0v) is 9.48. The summed E-state index contributed by atoms with van der Waals surface area (Å²) in [5.41, 5.74) is 6.71.